The number of aliphatic imine (C=N–C) groups is 1. The quantitative estimate of drug-likeness (QED) is 0.287. The first-order chi connectivity index (χ1) is 21.8. The molecule has 1 aliphatic carbocycles. The molecule has 0 saturated carbocycles. The number of hydrogen-bond donors (Lipinski definition) is 3. The molecule has 254 valence electrons. The number of rotatable bonds is 3. The van der Waals surface area contributed by atoms with E-state index in [1.54, 1.807) is 13.0 Å². The summed E-state index contributed by atoms with van der Waals surface area (Å²) >= 11 is 0. The highest BCUT2D eigenvalue weighted by Gasteiger charge is 2.60. The molecule has 0 amide bonds. The topological polar surface area (TPSA) is 127 Å². The molecule has 4 heterocycles. The lowest BCUT2D eigenvalue weighted by molar-refractivity contribution is -0.313. The molecule has 3 fully saturated rings. The zero-order valence-electron chi connectivity index (χ0n) is 28.4. The van der Waals surface area contributed by atoms with Gasteiger partial charge >= 0.3 is 5.97 Å². The van der Waals surface area contributed by atoms with E-state index in [2.05, 4.69) is 64.8 Å². The van der Waals surface area contributed by atoms with Crippen molar-refractivity contribution in [1.29, 1.82) is 0 Å². The van der Waals surface area contributed by atoms with Crippen molar-refractivity contribution in [3.63, 3.8) is 0 Å². The Morgan fingerprint density at radius 3 is 2.67 bits per heavy atom. The van der Waals surface area contributed by atoms with Gasteiger partial charge in [-0.2, -0.15) is 0 Å². The average molecular weight is 640 g/mol. The fraction of sp³-hybridized carbons (Fsp3) is 0.676. The lowest BCUT2D eigenvalue weighted by Gasteiger charge is -2.50. The Morgan fingerprint density at radius 1 is 1.20 bits per heavy atom. The summed E-state index contributed by atoms with van der Waals surface area (Å²) in [5.74, 6) is -2.28. The van der Waals surface area contributed by atoms with E-state index in [4.69, 9.17) is 18.9 Å². The van der Waals surface area contributed by atoms with E-state index in [1.165, 1.54) is 5.57 Å². The molecule has 3 N–H and O–H groups in total. The van der Waals surface area contributed by atoms with E-state index in [9.17, 15) is 20.1 Å². The van der Waals surface area contributed by atoms with Gasteiger partial charge in [0.15, 0.2) is 5.79 Å². The molecule has 5 rings (SSSR count). The van der Waals surface area contributed by atoms with E-state index in [1.807, 2.05) is 12.2 Å². The maximum Gasteiger partial charge on any atom is 0.316 e. The number of aliphatic hydroxyl groups is 3. The minimum absolute atomic E-state index is 0.0690. The average Bonchev–Trinajstić information content (AvgIpc) is 3.31. The van der Waals surface area contributed by atoms with Crippen LogP contribution < -0.4 is 0 Å². The largest absolute Gasteiger partial charge is 0.462 e. The summed E-state index contributed by atoms with van der Waals surface area (Å²) in [6.45, 7) is 14.1. The summed E-state index contributed by atoms with van der Waals surface area (Å²) in [5, 5.41) is 33.0. The zero-order chi connectivity index (χ0) is 33.4. The van der Waals surface area contributed by atoms with Crippen LogP contribution in [0.5, 0.6) is 0 Å². The van der Waals surface area contributed by atoms with Crippen LogP contribution in [-0.4, -0.2) is 82.2 Å². The molecule has 1 unspecified atom stereocenters. The van der Waals surface area contributed by atoms with Crippen molar-refractivity contribution >= 4 is 11.7 Å². The van der Waals surface area contributed by atoms with E-state index < -0.39 is 41.6 Å². The summed E-state index contributed by atoms with van der Waals surface area (Å²) in [7, 11) is 0. The zero-order valence-corrected chi connectivity index (χ0v) is 28.4. The van der Waals surface area contributed by atoms with Gasteiger partial charge in [-0.05, 0) is 62.2 Å². The Labute approximate surface area is 273 Å². The van der Waals surface area contributed by atoms with E-state index in [0.717, 1.165) is 17.7 Å². The lowest BCUT2D eigenvalue weighted by atomic mass is 9.71. The predicted octanol–water partition coefficient (Wildman–Crippen LogP) is 5.12. The maximum absolute atomic E-state index is 14.1. The molecule has 9 nitrogen and oxygen atoms in total. The third-order valence-electron chi connectivity index (χ3n) is 10.2. The third kappa shape index (κ3) is 7.05. The number of carbonyl (C=O) groups excluding carboxylic acids is 1. The monoisotopic (exact) mass is 639 g/mol. The highest BCUT2D eigenvalue weighted by atomic mass is 16.7. The van der Waals surface area contributed by atoms with Crippen LogP contribution in [0.2, 0.25) is 0 Å². The smallest absolute Gasteiger partial charge is 0.316 e. The standard InChI is InChI=1S/C37H53NO8/c1-21(2)13-25(6)33-26(7)31(38-20-39)18-36(46-33)17-29-16-28(45-36)12-11-23(4)14-22(3)9-8-10-27-19-43-34-32(40)24(5)15-30(35(41)44-29)37(27,34)42/h8-11,13,15,21-22,26,28-30,32-34,39-40,42H,12,14,16-20H2,1-7H3/b9-8+,23-11+,25-13+,27-10+,38-31?/t22-,26-,28+,29-,30-,32+,33?,34+,36-,37+/m0/s1. The molecular weight excluding hydrogens is 586 g/mol. The molecular formula is C37H53NO8. The Kier molecular flexibility index (Phi) is 10.6. The third-order valence-corrected chi connectivity index (χ3v) is 10.2. The Balaban J connectivity index is 1.55. The van der Waals surface area contributed by atoms with E-state index >= 15 is 0 Å². The first kappa shape index (κ1) is 34.9. The molecule has 3 saturated heterocycles. The van der Waals surface area contributed by atoms with Crippen molar-refractivity contribution < 1.29 is 39.1 Å². The second-order valence-corrected chi connectivity index (χ2v) is 14.5. The second-order valence-electron chi connectivity index (χ2n) is 14.5. The summed E-state index contributed by atoms with van der Waals surface area (Å²) in [5.41, 5.74) is 2.45. The lowest BCUT2D eigenvalue weighted by Crippen LogP contribution is -2.59. The van der Waals surface area contributed by atoms with Crippen LogP contribution in [0.4, 0.5) is 0 Å². The number of fused-ring (bicyclic) bond motifs is 2. The van der Waals surface area contributed by atoms with Crippen LogP contribution >= 0.6 is 0 Å². The van der Waals surface area contributed by atoms with Crippen LogP contribution in [0.15, 0.2) is 63.7 Å². The number of ether oxygens (including phenoxy) is 4. The van der Waals surface area contributed by atoms with Gasteiger partial charge in [-0.25, -0.2) is 0 Å². The first-order valence-corrected chi connectivity index (χ1v) is 16.9. The van der Waals surface area contributed by atoms with Crippen molar-refractivity contribution in [3.8, 4) is 0 Å². The molecule has 1 spiro atoms. The maximum atomic E-state index is 14.1. The van der Waals surface area contributed by atoms with Gasteiger partial charge in [-0.3, -0.25) is 9.79 Å². The predicted molar refractivity (Wildman–Crippen MR) is 176 cm³/mol. The van der Waals surface area contributed by atoms with Crippen LogP contribution in [0, 0.1) is 23.7 Å². The van der Waals surface area contributed by atoms with Gasteiger partial charge in [-0.1, -0.05) is 69.7 Å². The fourth-order valence-electron chi connectivity index (χ4n) is 7.99. The molecule has 0 aromatic rings. The summed E-state index contributed by atoms with van der Waals surface area (Å²) in [6.07, 6.45) is 11.1. The Morgan fingerprint density at radius 2 is 1.96 bits per heavy atom. The molecule has 5 aliphatic rings. The number of esters is 1. The molecule has 4 aliphatic heterocycles. The summed E-state index contributed by atoms with van der Waals surface area (Å²) in [4.78, 5) is 18.6. The van der Waals surface area contributed by atoms with Crippen molar-refractivity contribution in [1.82, 2.24) is 0 Å². The van der Waals surface area contributed by atoms with E-state index in [-0.39, 0.29) is 43.8 Å². The Bertz CT molecular complexity index is 1340. The molecule has 46 heavy (non-hydrogen) atoms. The van der Waals surface area contributed by atoms with Gasteiger partial charge in [0, 0.05) is 30.9 Å². The summed E-state index contributed by atoms with van der Waals surface area (Å²) in [6, 6.07) is 0. The molecule has 10 atom stereocenters. The van der Waals surface area contributed by atoms with Gasteiger partial charge < -0.3 is 34.3 Å². The van der Waals surface area contributed by atoms with Gasteiger partial charge in [0.05, 0.1) is 18.8 Å². The number of allylic oxidation sites excluding steroid dienone is 5. The first-order valence-electron chi connectivity index (χ1n) is 16.9. The minimum Gasteiger partial charge on any atom is -0.462 e. The molecule has 0 radical (unpaired) electrons. The number of hydrogen-bond acceptors (Lipinski definition) is 9. The van der Waals surface area contributed by atoms with Gasteiger partial charge in [0.2, 0.25) is 0 Å². The highest BCUT2D eigenvalue weighted by molar-refractivity contribution is 5.89. The highest BCUT2D eigenvalue weighted by Crippen LogP contribution is 2.47. The fourth-order valence-corrected chi connectivity index (χ4v) is 7.99. The number of nitrogens with zero attached hydrogens (tertiary/aromatic N) is 1. The normalized spacial score (nSPS) is 44.6. The summed E-state index contributed by atoms with van der Waals surface area (Å²) < 4.78 is 26.0. The van der Waals surface area contributed by atoms with Crippen molar-refractivity contribution in [2.45, 2.75) is 122 Å². The van der Waals surface area contributed by atoms with Crippen LogP contribution in [0.1, 0.15) is 80.6 Å². The number of carbonyl (C=O) groups is 1. The molecule has 2 bridgehead atoms. The molecule has 0 aromatic carbocycles. The van der Waals surface area contributed by atoms with Gasteiger partial charge in [-0.15, -0.1) is 0 Å². The minimum atomic E-state index is -1.75. The SMILES string of the molecule is CC1=C[C@H]2C(=O)O[C@H]3C[C@@H](C/C=C(\C)C[C@@H](C)/C=C/C=C4\CO[C@H]([C@@H]1O)[C@@]42O)O[C@@]1(CC(=NCO)[C@H](C)C(/C(C)=C/C(C)C)O1)C3. The van der Waals surface area contributed by atoms with E-state index in [0.29, 0.717) is 36.3 Å². The Hall–Kier alpha value is -2.40. The molecule has 0 aromatic heterocycles. The van der Waals surface area contributed by atoms with Crippen molar-refractivity contribution in [2.75, 3.05) is 13.3 Å². The van der Waals surface area contributed by atoms with Crippen molar-refractivity contribution in [3.05, 3.63) is 58.7 Å². The van der Waals surface area contributed by atoms with Crippen LogP contribution in [0.25, 0.3) is 0 Å². The van der Waals surface area contributed by atoms with Crippen LogP contribution in [0.3, 0.4) is 0 Å². The van der Waals surface area contributed by atoms with Gasteiger partial charge in [0.1, 0.15) is 36.6 Å². The van der Waals surface area contributed by atoms with Crippen LogP contribution in [-0.2, 0) is 23.7 Å². The van der Waals surface area contributed by atoms with Crippen molar-refractivity contribution in [2.24, 2.45) is 28.7 Å². The second kappa shape index (κ2) is 14.0. The number of aliphatic hydroxyl groups excluding tert-OH is 2. The van der Waals surface area contributed by atoms with Gasteiger partial charge in [0.25, 0.3) is 0 Å². The molecule has 9 heteroatoms.